The Labute approximate surface area is 166 Å². The van der Waals surface area contributed by atoms with Crippen molar-refractivity contribution >= 4 is 29.2 Å². The molecule has 1 aromatic carbocycles. The first-order valence-corrected chi connectivity index (χ1v) is 8.63. The van der Waals surface area contributed by atoms with E-state index >= 15 is 0 Å². The van der Waals surface area contributed by atoms with Gasteiger partial charge in [-0.05, 0) is 24.1 Å². The molecule has 0 spiro atoms. The number of carbonyl (C=O) groups excluding carboxylic acids is 1. The summed E-state index contributed by atoms with van der Waals surface area (Å²) in [7, 11) is 2.76. The van der Waals surface area contributed by atoms with E-state index in [0.29, 0.717) is 11.5 Å². The molecule has 0 atom stereocenters. The zero-order valence-electron chi connectivity index (χ0n) is 15.1. The van der Waals surface area contributed by atoms with Gasteiger partial charge in [-0.1, -0.05) is 37.0 Å². The van der Waals surface area contributed by atoms with E-state index in [9.17, 15) is 9.18 Å². The number of halogens is 3. The molecule has 0 radical (unpaired) electrons. The highest BCUT2D eigenvalue weighted by molar-refractivity contribution is 6.37. The molecule has 0 fully saturated rings. The van der Waals surface area contributed by atoms with Crippen molar-refractivity contribution in [2.45, 2.75) is 19.8 Å². The Morgan fingerprint density at radius 3 is 2.52 bits per heavy atom. The lowest BCUT2D eigenvalue weighted by atomic mass is 10.0. The molecule has 0 unspecified atom stereocenters. The first-order chi connectivity index (χ1) is 12.8. The number of nitrogens with zero attached hydrogens (tertiary/aromatic N) is 1. The zero-order chi connectivity index (χ0) is 20.1. The number of carbonyl (C=O) groups is 1. The van der Waals surface area contributed by atoms with Crippen LogP contribution in [0.4, 0.5) is 4.39 Å². The molecule has 0 saturated carbocycles. The minimum absolute atomic E-state index is 0.155. The molecule has 0 saturated heterocycles. The van der Waals surface area contributed by atoms with Crippen LogP contribution in [-0.4, -0.2) is 31.8 Å². The molecule has 0 aliphatic heterocycles. The number of esters is 1. The van der Waals surface area contributed by atoms with Crippen LogP contribution in [0.15, 0.2) is 18.2 Å². The lowest BCUT2D eigenvalue weighted by Crippen LogP contribution is -2.14. The number of hydrogen-bond acceptors (Lipinski definition) is 6. The Bertz CT molecular complexity index is 845. The van der Waals surface area contributed by atoms with E-state index in [-0.39, 0.29) is 22.6 Å². The fourth-order valence-electron chi connectivity index (χ4n) is 2.19. The molecule has 27 heavy (non-hydrogen) atoms. The molecule has 146 valence electrons. The fraction of sp³-hybridized carbons (Fsp3) is 0.333. The zero-order valence-corrected chi connectivity index (χ0v) is 16.7. The molecule has 6 nitrogen and oxygen atoms in total. The molecular weight excluding hydrogens is 400 g/mol. The van der Waals surface area contributed by atoms with Crippen LogP contribution in [0.5, 0.6) is 23.1 Å². The lowest BCUT2D eigenvalue weighted by Gasteiger charge is -2.16. The third kappa shape index (κ3) is 4.93. The van der Waals surface area contributed by atoms with E-state index in [1.54, 1.807) is 25.3 Å². The second-order valence-electron chi connectivity index (χ2n) is 5.69. The summed E-state index contributed by atoms with van der Waals surface area (Å²) in [6, 6.07) is 5.09. The minimum Gasteiger partial charge on any atom is -0.496 e. The molecule has 1 heterocycles. The molecule has 2 rings (SSSR count). The second kappa shape index (κ2) is 9.10. The van der Waals surface area contributed by atoms with Crippen molar-refractivity contribution in [1.82, 2.24) is 4.98 Å². The Balaban J connectivity index is 2.39. The lowest BCUT2D eigenvalue weighted by molar-refractivity contribution is -0.143. The van der Waals surface area contributed by atoms with Gasteiger partial charge in [0.05, 0.1) is 14.2 Å². The highest BCUT2D eigenvalue weighted by Gasteiger charge is 2.22. The topological polar surface area (TPSA) is 66.9 Å². The molecule has 0 aliphatic rings. The monoisotopic (exact) mass is 417 g/mol. The predicted molar refractivity (Wildman–Crippen MR) is 98.9 cm³/mol. The normalized spacial score (nSPS) is 10.7. The summed E-state index contributed by atoms with van der Waals surface area (Å²) >= 11 is 12.1. The van der Waals surface area contributed by atoms with E-state index in [1.807, 2.05) is 13.8 Å². The molecule has 9 heteroatoms. The van der Waals surface area contributed by atoms with Gasteiger partial charge in [0.25, 0.3) is 0 Å². The van der Waals surface area contributed by atoms with Gasteiger partial charge in [0.2, 0.25) is 11.8 Å². The maximum Gasteiger partial charge on any atom is 0.343 e. The maximum atomic E-state index is 14.1. The number of rotatable bonds is 7. The molecule has 0 aliphatic carbocycles. The van der Waals surface area contributed by atoms with Crippen LogP contribution in [0.2, 0.25) is 10.0 Å². The Morgan fingerprint density at radius 1 is 1.22 bits per heavy atom. The van der Waals surface area contributed by atoms with E-state index < -0.39 is 23.5 Å². The minimum atomic E-state index is -1.05. The Hall–Kier alpha value is -2.25. The number of benzene rings is 1. The van der Waals surface area contributed by atoms with Gasteiger partial charge in [-0.15, -0.1) is 0 Å². The summed E-state index contributed by atoms with van der Waals surface area (Å²) in [5, 5.41) is -0.584. The average molecular weight is 418 g/mol. The molecular formula is C18H18Cl2FNO5. The van der Waals surface area contributed by atoms with Crippen molar-refractivity contribution < 1.29 is 28.1 Å². The number of aromatic nitrogens is 1. The van der Waals surface area contributed by atoms with Crippen LogP contribution in [-0.2, 0) is 9.53 Å². The largest absolute Gasteiger partial charge is 0.496 e. The first-order valence-electron chi connectivity index (χ1n) is 7.88. The Morgan fingerprint density at radius 2 is 1.93 bits per heavy atom. The molecule has 0 bridgehead atoms. The second-order valence-corrected chi connectivity index (χ2v) is 6.45. The maximum absolute atomic E-state index is 14.1. The van der Waals surface area contributed by atoms with Gasteiger partial charge in [-0.25, -0.2) is 4.79 Å². The number of ether oxygens (including phenoxy) is 4. The molecule has 0 N–H and O–H groups in total. The van der Waals surface area contributed by atoms with Gasteiger partial charge in [0.15, 0.2) is 12.4 Å². The van der Waals surface area contributed by atoms with Crippen LogP contribution < -0.4 is 14.2 Å². The number of methoxy groups -OCH3 is 2. The third-order valence-electron chi connectivity index (χ3n) is 3.56. The van der Waals surface area contributed by atoms with Gasteiger partial charge in [-0.2, -0.15) is 9.37 Å². The first kappa shape index (κ1) is 21.1. The van der Waals surface area contributed by atoms with Crippen LogP contribution in [0.25, 0.3) is 0 Å². The average Bonchev–Trinajstić information content (AvgIpc) is 2.66. The van der Waals surface area contributed by atoms with Gasteiger partial charge in [-0.3, -0.25) is 0 Å². The van der Waals surface area contributed by atoms with E-state index in [1.165, 1.54) is 7.11 Å². The summed E-state index contributed by atoms with van der Waals surface area (Å²) in [4.78, 5) is 14.7. The van der Waals surface area contributed by atoms with Crippen molar-refractivity contribution in [1.29, 1.82) is 0 Å². The van der Waals surface area contributed by atoms with E-state index in [4.69, 9.17) is 37.4 Å². The van der Waals surface area contributed by atoms with Gasteiger partial charge >= 0.3 is 5.97 Å². The SMILES string of the molecule is COC(=O)COc1nc(F)c(Cl)c(Oc2ccc(OC)c(C(C)C)c2)c1Cl. The number of hydrogen-bond donors (Lipinski definition) is 0. The van der Waals surface area contributed by atoms with Crippen molar-refractivity contribution in [2.24, 2.45) is 0 Å². The summed E-state index contributed by atoms with van der Waals surface area (Å²) in [5.41, 5.74) is 0.888. The van der Waals surface area contributed by atoms with Gasteiger partial charge in [0.1, 0.15) is 21.5 Å². The molecule has 2 aromatic rings. The summed E-state index contributed by atoms with van der Waals surface area (Å²) in [5.74, 6) is -1.02. The highest BCUT2D eigenvalue weighted by Crippen LogP contribution is 2.43. The third-order valence-corrected chi connectivity index (χ3v) is 4.23. The van der Waals surface area contributed by atoms with Crippen molar-refractivity contribution in [3.63, 3.8) is 0 Å². The molecule has 0 amide bonds. The standard InChI is InChI=1S/C18H18Cl2FNO5/c1-9(2)11-7-10(5-6-12(11)24-3)27-16-14(19)17(21)22-18(15(16)20)26-8-13(23)25-4/h5-7,9H,8H2,1-4H3. The number of pyridine rings is 1. The van der Waals surface area contributed by atoms with Crippen molar-refractivity contribution in [2.75, 3.05) is 20.8 Å². The van der Waals surface area contributed by atoms with Gasteiger partial charge < -0.3 is 18.9 Å². The highest BCUT2D eigenvalue weighted by atomic mass is 35.5. The predicted octanol–water partition coefficient (Wildman–Crippen LogP) is 5.00. The van der Waals surface area contributed by atoms with Crippen LogP contribution in [0.1, 0.15) is 25.3 Å². The van der Waals surface area contributed by atoms with Crippen molar-refractivity contribution in [3.05, 3.63) is 39.8 Å². The van der Waals surface area contributed by atoms with Crippen LogP contribution in [0.3, 0.4) is 0 Å². The smallest absolute Gasteiger partial charge is 0.343 e. The van der Waals surface area contributed by atoms with E-state index in [2.05, 4.69) is 9.72 Å². The van der Waals surface area contributed by atoms with E-state index in [0.717, 1.165) is 5.56 Å². The Kier molecular flexibility index (Phi) is 7.10. The summed E-state index contributed by atoms with van der Waals surface area (Å²) in [6.07, 6.45) is 0. The quantitative estimate of drug-likeness (QED) is 0.466. The van der Waals surface area contributed by atoms with Crippen LogP contribution >= 0.6 is 23.2 Å². The van der Waals surface area contributed by atoms with Gasteiger partial charge in [0, 0.05) is 5.56 Å². The van der Waals surface area contributed by atoms with Crippen molar-refractivity contribution in [3.8, 4) is 23.1 Å². The fourth-order valence-corrected chi connectivity index (χ4v) is 2.64. The van der Waals surface area contributed by atoms with Crippen LogP contribution in [0, 0.1) is 5.95 Å². The molecule has 1 aromatic heterocycles. The summed E-state index contributed by atoms with van der Waals surface area (Å²) in [6.45, 7) is 3.49. The summed E-state index contributed by atoms with van der Waals surface area (Å²) < 4.78 is 34.6.